The molecular formula is C60H75N17S7. The Hall–Kier alpha value is -4.69. The molecule has 84 heavy (non-hydrogen) atoms. The molecule has 0 saturated heterocycles. The molecule has 2 N–H and O–H groups in total. The molecule has 10 rings (SSSR count). The standard InChI is InChI=1S/C60H75N17S7/c1-21-77(22-2)28-29-78-48-31(30-26-24-23-25-27-30)61-32-33(62-48)41-69-40(32)70-42-34-35(64-50(80-56(6,7)8)49(63-34)79-55(3,4)5)44(72-42)74-46-38-39(68-54(84-60(18,19)20)53(67-38)83-59(15,16)17)47(76-46)75-45-37-36(43(71-41)73-45)65-51(81-57(9,10)11)52(66-37)82-58(12,13)14/h23-27H,21-22,28-29H2,1-20H3,(H2,69,70,71,72,73,74,75,76). The Morgan fingerprint density at radius 3 is 0.917 bits per heavy atom. The van der Waals surface area contributed by atoms with Gasteiger partial charge in [0.05, 0.1) is 0 Å². The van der Waals surface area contributed by atoms with Gasteiger partial charge in [-0.3, -0.25) is 0 Å². The Morgan fingerprint density at radius 1 is 0.333 bits per heavy atom. The van der Waals surface area contributed by atoms with Gasteiger partial charge in [0.1, 0.15) is 85.7 Å². The molecule has 0 spiro atoms. The Bertz CT molecular complexity index is 4010. The van der Waals surface area contributed by atoms with Gasteiger partial charge >= 0.3 is 0 Å². The molecule has 7 aromatic heterocycles. The molecule has 0 atom stereocenters. The maximum Gasteiger partial charge on any atom is 0.184 e. The normalized spacial score (nSPS) is 13.4. The van der Waals surface area contributed by atoms with Crippen LogP contribution in [-0.4, -0.2) is 139 Å². The Kier molecular flexibility index (Phi) is 17.4. The van der Waals surface area contributed by atoms with E-state index in [1.807, 2.05) is 18.2 Å². The van der Waals surface area contributed by atoms with E-state index in [9.17, 15) is 0 Å². The van der Waals surface area contributed by atoms with Crippen LogP contribution in [0.5, 0.6) is 0 Å². The molecular weight excluding hydrogens is 1180 g/mol. The molecule has 17 nitrogen and oxygen atoms in total. The van der Waals surface area contributed by atoms with Crippen LogP contribution in [0.25, 0.3) is 102 Å². The summed E-state index contributed by atoms with van der Waals surface area (Å²) >= 11 is 11.6. The van der Waals surface area contributed by atoms with Crippen molar-refractivity contribution in [3.63, 3.8) is 0 Å². The van der Waals surface area contributed by atoms with Crippen LogP contribution in [-0.2, 0) is 0 Å². The SMILES string of the molecule is CCN(CC)CCSc1nc2c3nc4nc(nc5[nH]c(nc6nc(nc([nH]3)c2nc1-c1ccccc1)-c1nc(SC(C)(C)C)c(SC(C)(C)C)nc1-6)c1nc(SC(C)(C)C)c(SC(C)(C)C)nc51)-c1nc(SC(C)(C)C)c(SC(C)(C)C)nc1-4. The lowest BCUT2D eigenvalue weighted by Gasteiger charge is -2.22. The van der Waals surface area contributed by atoms with E-state index in [4.69, 9.17) is 69.8 Å². The van der Waals surface area contributed by atoms with Gasteiger partial charge in [-0.15, -0.1) is 11.8 Å². The number of H-pyrrole nitrogens is 2. The third kappa shape index (κ3) is 14.6. The molecule has 8 bridgehead atoms. The highest BCUT2D eigenvalue weighted by molar-refractivity contribution is 8.04. The zero-order valence-corrected chi connectivity index (χ0v) is 57.5. The highest BCUT2D eigenvalue weighted by Crippen LogP contribution is 2.48. The number of nitrogens with one attached hydrogen (secondary N) is 2. The number of fused-ring (bicyclic) bond motifs is 20. The first-order valence-electron chi connectivity index (χ1n) is 28.2. The Balaban J connectivity index is 1.39. The average Bonchev–Trinajstić information content (AvgIpc) is 1.99. The second-order valence-corrected chi connectivity index (χ2v) is 38.3. The van der Waals surface area contributed by atoms with E-state index in [-0.39, 0.29) is 28.5 Å². The number of hydrogen-bond acceptors (Lipinski definition) is 22. The lowest BCUT2D eigenvalue weighted by Crippen LogP contribution is -2.25. The van der Waals surface area contributed by atoms with Gasteiger partial charge < -0.3 is 14.9 Å². The minimum Gasteiger partial charge on any atom is -0.321 e. The molecule has 9 heterocycles. The lowest BCUT2D eigenvalue weighted by atomic mass is 10.1. The first kappa shape index (κ1) is 62.4. The maximum absolute atomic E-state index is 5.51. The first-order chi connectivity index (χ1) is 39.2. The predicted octanol–water partition coefficient (Wildman–Crippen LogP) is 16.5. The van der Waals surface area contributed by atoms with E-state index in [2.05, 4.69) is 165 Å². The molecule has 0 amide bonds. The number of nitrogens with zero attached hydrogens (tertiary/aromatic N) is 15. The van der Waals surface area contributed by atoms with E-state index in [0.717, 1.165) is 71.8 Å². The number of aromatic nitrogens is 16. The zero-order chi connectivity index (χ0) is 60.6. The van der Waals surface area contributed by atoms with Crippen molar-refractivity contribution in [2.24, 2.45) is 0 Å². The van der Waals surface area contributed by atoms with Crippen molar-refractivity contribution in [3.8, 4) is 57.3 Å². The number of aromatic amines is 2. The third-order valence-electron chi connectivity index (χ3n) is 11.9. The van der Waals surface area contributed by atoms with Crippen molar-refractivity contribution in [1.82, 2.24) is 84.6 Å². The summed E-state index contributed by atoms with van der Waals surface area (Å²) in [7, 11) is 0. The van der Waals surface area contributed by atoms with Crippen LogP contribution < -0.4 is 0 Å². The number of thioether (sulfide) groups is 7. The lowest BCUT2D eigenvalue weighted by molar-refractivity contribution is 0.324. The predicted molar refractivity (Wildman–Crippen MR) is 356 cm³/mol. The van der Waals surface area contributed by atoms with Crippen molar-refractivity contribution < 1.29 is 0 Å². The molecule has 0 fully saturated rings. The minimum atomic E-state index is -0.208. The van der Waals surface area contributed by atoms with Crippen molar-refractivity contribution in [1.29, 1.82) is 0 Å². The van der Waals surface area contributed by atoms with E-state index in [0.29, 0.717) is 90.7 Å². The molecule has 0 aliphatic carbocycles. The van der Waals surface area contributed by atoms with Crippen LogP contribution >= 0.6 is 82.3 Å². The fourth-order valence-corrected chi connectivity index (χ4v) is 15.5. The summed E-state index contributed by atoms with van der Waals surface area (Å²) in [6, 6.07) is 10.2. The van der Waals surface area contributed by atoms with E-state index in [1.165, 1.54) is 0 Å². The fourth-order valence-electron chi connectivity index (χ4n) is 8.69. The summed E-state index contributed by atoms with van der Waals surface area (Å²) in [4.78, 5) is 85.7. The second-order valence-electron chi connectivity index (χ2n) is 26.3. The number of benzene rings is 1. The molecule has 442 valence electrons. The topological polar surface area (TPSA) is 215 Å². The van der Waals surface area contributed by atoms with Crippen LogP contribution in [0, 0.1) is 0 Å². The maximum atomic E-state index is 5.51. The van der Waals surface area contributed by atoms with Gasteiger partial charge in [-0.2, -0.15) is 0 Å². The molecule has 0 saturated carbocycles. The highest BCUT2D eigenvalue weighted by atomic mass is 32.2. The molecule has 1 aromatic carbocycles. The quantitative estimate of drug-likeness (QED) is 0.103. The van der Waals surface area contributed by atoms with E-state index < -0.39 is 0 Å². The van der Waals surface area contributed by atoms with Gasteiger partial charge in [-0.05, 0) is 13.1 Å². The van der Waals surface area contributed by atoms with Crippen LogP contribution in [0.2, 0.25) is 0 Å². The molecule has 0 unspecified atom stereocenters. The van der Waals surface area contributed by atoms with Gasteiger partial charge in [0.15, 0.2) is 45.9 Å². The number of hydrogen-bond donors (Lipinski definition) is 2. The largest absolute Gasteiger partial charge is 0.321 e. The van der Waals surface area contributed by atoms with Gasteiger partial charge in [0, 0.05) is 46.3 Å². The highest BCUT2D eigenvalue weighted by Gasteiger charge is 2.34. The third-order valence-corrected chi connectivity index (χ3v) is 19.8. The van der Waals surface area contributed by atoms with Gasteiger partial charge in [0.25, 0.3) is 0 Å². The number of rotatable bonds is 13. The van der Waals surface area contributed by atoms with Crippen LogP contribution in [0.1, 0.15) is 138 Å². The smallest absolute Gasteiger partial charge is 0.184 e. The molecule has 2 aliphatic rings. The molecule has 24 heteroatoms. The fraction of sp³-hybridized carbons (Fsp3) is 0.500. The second kappa shape index (κ2) is 23.4. The Morgan fingerprint density at radius 2 is 0.619 bits per heavy atom. The van der Waals surface area contributed by atoms with E-state index >= 15 is 0 Å². The summed E-state index contributed by atoms with van der Waals surface area (Å²) in [5, 5.41) is 5.39. The minimum absolute atomic E-state index is 0.203. The monoisotopic (exact) mass is 1260 g/mol. The van der Waals surface area contributed by atoms with Crippen molar-refractivity contribution in [3.05, 3.63) is 30.3 Å². The van der Waals surface area contributed by atoms with Crippen molar-refractivity contribution in [2.75, 3.05) is 25.4 Å². The molecule has 0 radical (unpaired) electrons. The molecule has 2 aliphatic heterocycles. The average molecular weight is 1260 g/mol. The Labute approximate surface area is 522 Å². The van der Waals surface area contributed by atoms with E-state index in [1.54, 1.807) is 82.3 Å². The summed E-state index contributed by atoms with van der Waals surface area (Å²) in [5.74, 6) is 1.97. The summed E-state index contributed by atoms with van der Waals surface area (Å²) in [5.41, 5.74) is 7.05. The molecule has 8 aromatic rings. The zero-order valence-electron chi connectivity index (χ0n) is 51.8. The van der Waals surface area contributed by atoms with Crippen LogP contribution in [0.4, 0.5) is 0 Å². The van der Waals surface area contributed by atoms with Crippen LogP contribution in [0.15, 0.2) is 65.5 Å². The summed E-state index contributed by atoms with van der Waals surface area (Å²) in [6.45, 7) is 46.4. The summed E-state index contributed by atoms with van der Waals surface area (Å²) in [6.07, 6.45) is 0. The van der Waals surface area contributed by atoms with Gasteiger partial charge in [-0.25, -0.2) is 69.8 Å². The van der Waals surface area contributed by atoms with Gasteiger partial charge in [-0.1, -0.05) is 239 Å². The van der Waals surface area contributed by atoms with Crippen molar-refractivity contribution >= 4 is 127 Å². The summed E-state index contributed by atoms with van der Waals surface area (Å²) < 4.78 is -1.24. The van der Waals surface area contributed by atoms with Gasteiger partial charge in [0.2, 0.25) is 0 Å². The first-order valence-corrected chi connectivity index (χ1v) is 34.1. The van der Waals surface area contributed by atoms with Crippen molar-refractivity contribution in [2.45, 2.75) is 202 Å². The van der Waals surface area contributed by atoms with Crippen LogP contribution in [0.3, 0.4) is 0 Å².